The molecule has 0 spiro atoms. The largest absolute Gasteiger partial charge is 0.497 e. The van der Waals surface area contributed by atoms with Crippen LogP contribution < -0.4 is 14.8 Å². The van der Waals surface area contributed by atoms with E-state index in [1.807, 2.05) is 0 Å². The van der Waals surface area contributed by atoms with Crippen molar-refractivity contribution in [2.75, 3.05) is 32.6 Å². The van der Waals surface area contributed by atoms with Crippen molar-refractivity contribution >= 4 is 33.8 Å². The summed E-state index contributed by atoms with van der Waals surface area (Å²) in [7, 11) is -1.01. The van der Waals surface area contributed by atoms with Gasteiger partial charge in [-0.05, 0) is 56.2 Å². The number of sulfonamides is 1. The van der Waals surface area contributed by atoms with E-state index in [0.29, 0.717) is 30.0 Å². The second-order valence-corrected chi connectivity index (χ2v) is 10.6. The fraction of sp³-hybridized carbons (Fsp3) is 0.308. The van der Waals surface area contributed by atoms with Crippen LogP contribution in [0.3, 0.4) is 0 Å². The van der Waals surface area contributed by atoms with Crippen LogP contribution in [0.1, 0.15) is 29.9 Å². The molecule has 1 fully saturated rings. The summed E-state index contributed by atoms with van der Waals surface area (Å²) in [5.74, 6) is -1.21. The molecule has 38 heavy (non-hydrogen) atoms. The van der Waals surface area contributed by atoms with Crippen molar-refractivity contribution in [3.05, 3.63) is 65.1 Å². The number of anilines is 1. The highest BCUT2D eigenvalue weighted by atomic mass is 32.2. The molecule has 3 aromatic rings. The molecular weight excluding hydrogens is 520 g/mol. The molecule has 0 radical (unpaired) electrons. The standard InChI is InChI=1S/C26H27F2N3O6S/c1-16-25(23(37-30-16)9-5-17-4-6-19(27)14-21(17)28)38(33,34)31-12-10-18(11-13-31)26(32)29-22-8-7-20(35-2)15-24(22)36-3/h4-9,14-15,18H,10-13H2,1-3H3,(H,29,32). The SMILES string of the molecule is COc1ccc(NC(=O)C2CCN(S(=O)(=O)c3c(C)noc3C=Cc3ccc(F)cc3F)CC2)c(OC)c1. The van der Waals surface area contributed by atoms with E-state index in [1.165, 1.54) is 43.7 Å². The minimum absolute atomic E-state index is 0.0594. The van der Waals surface area contributed by atoms with Gasteiger partial charge in [0.05, 0.1) is 19.9 Å². The number of carbonyl (C=O) groups excluding carboxylic acids is 1. The average Bonchev–Trinajstić information content (AvgIpc) is 3.29. The van der Waals surface area contributed by atoms with Crippen LogP contribution in [-0.2, 0) is 14.8 Å². The Kier molecular flexibility index (Phi) is 8.12. The van der Waals surface area contributed by atoms with Gasteiger partial charge in [-0.1, -0.05) is 5.16 Å². The highest BCUT2D eigenvalue weighted by molar-refractivity contribution is 7.89. The number of methoxy groups -OCH3 is 2. The Morgan fingerprint density at radius 3 is 2.50 bits per heavy atom. The van der Waals surface area contributed by atoms with Crippen molar-refractivity contribution in [3.63, 3.8) is 0 Å². The Bertz CT molecular complexity index is 1460. The molecule has 2 heterocycles. The zero-order valence-electron chi connectivity index (χ0n) is 21.0. The molecular formula is C26H27F2N3O6S. The number of halogens is 2. The number of aryl methyl sites for hydroxylation is 1. The number of rotatable bonds is 8. The quantitative estimate of drug-likeness (QED) is 0.442. The third-order valence-corrected chi connectivity index (χ3v) is 8.36. The van der Waals surface area contributed by atoms with E-state index in [-0.39, 0.29) is 40.9 Å². The van der Waals surface area contributed by atoms with Gasteiger partial charge in [0, 0.05) is 36.7 Å². The van der Waals surface area contributed by atoms with Gasteiger partial charge in [0.25, 0.3) is 0 Å². The smallest absolute Gasteiger partial charge is 0.248 e. The molecule has 0 atom stereocenters. The van der Waals surface area contributed by atoms with E-state index in [9.17, 15) is 22.0 Å². The maximum atomic E-state index is 14.0. The normalized spacial score (nSPS) is 15.1. The van der Waals surface area contributed by atoms with Gasteiger partial charge in [0.2, 0.25) is 15.9 Å². The Hall–Kier alpha value is -3.77. The Morgan fingerprint density at radius 1 is 1.11 bits per heavy atom. The molecule has 12 heteroatoms. The van der Waals surface area contributed by atoms with E-state index in [2.05, 4.69) is 10.5 Å². The summed E-state index contributed by atoms with van der Waals surface area (Å²) in [5, 5.41) is 6.62. The van der Waals surface area contributed by atoms with E-state index in [1.54, 1.807) is 18.2 Å². The molecule has 1 N–H and O–H groups in total. The number of hydrogen-bond acceptors (Lipinski definition) is 7. The number of benzene rings is 2. The molecule has 0 unspecified atom stereocenters. The van der Waals surface area contributed by atoms with Crippen LogP contribution in [0.25, 0.3) is 12.2 Å². The predicted octanol–water partition coefficient (Wildman–Crippen LogP) is 4.49. The topological polar surface area (TPSA) is 111 Å². The minimum Gasteiger partial charge on any atom is -0.497 e. The maximum Gasteiger partial charge on any atom is 0.248 e. The highest BCUT2D eigenvalue weighted by Crippen LogP contribution is 2.32. The van der Waals surface area contributed by atoms with Gasteiger partial charge in [0.1, 0.15) is 28.8 Å². The van der Waals surface area contributed by atoms with Gasteiger partial charge in [-0.2, -0.15) is 4.31 Å². The second-order valence-electron chi connectivity index (χ2n) is 8.69. The number of ether oxygens (including phenoxy) is 2. The molecule has 202 valence electrons. The first-order valence-electron chi connectivity index (χ1n) is 11.8. The van der Waals surface area contributed by atoms with Crippen molar-refractivity contribution < 1.29 is 36.0 Å². The number of nitrogens with zero attached hydrogens (tertiary/aromatic N) is 2. The molecule has 9 nitrogen and oxygen atoms in total. The van der Waals surface area contributed by atoms with Crippen LogP contribution in [0.2, 0.25) is 0 Å². The molecule has 1 aromatic heterocycles. The Morgan fingerprint density at radius 2 is 1.84 bits per heavy atom. The zero-order valence-corrected chi connectivity index (χ0v) is 21.8. The van der Waals surface area contributed by atoms with E-state index < -0.39 is 27.6 Å². The molecule has 1 saturated heterocycles. The van der Waals surface area contributed by atoms with Gasteiger partial charge in [-0.15, -0.1) is 0 Å². The van der Waals surface area contributed by atoms with Crippen molar-refractivity contribution in [1.82, 2.24) is 9.46 Å². The number of nitrogens with one attached hydrogen (secondary N) is 1. The molecule has 0 aliphatic carbocycles. The van der Waals surface area contributed by atoms with E-state index in [4.69, 9.17) is 14.0 Å². The third kappa shape index (κ3) is 5.70. The minimum atomic E-state index is -4.02. The first kappa shape index (κ1) is 27.3. The van der Waals surface area contributed by atoms with Crippen molar-refractivity contribution in [2.45, 2.75) is 24.7 Å². The third-order valence-electron chi connectivity index (χ3n) is 6.30. The Balaban J connectivity index is 1.45. The van der Waals surface area contributed by atoms with Crippen LogP contribution in [0.4, 0.5) is 14.5 Å². The molecule has 0 saturated carbocycles. The molecule has 1 aliphatic heterocycles. The second kappa shape index (κ2) is 11.3. The lowest BCUT2D eigenvalue weighted by Crippen LogP contribution is -2.41. The molecule has 2 aromatic carbocycles. The summed E-state index contributed by atoms with van der Waals surface area (Å²) in [5.41, 5.74) is 0.697. The highest BCUT2D eigenvalue weighted by Gasteiger charge is 2.36. The van der Waals surface area contributed by atoms with Crippen LogP contribution in [0.15, 0.2) is 45.8 Å². The number of piperidine rings is 1. The number of hydrogen-bond donors (Lipinski definition) is 1. The van der Waals surface area contributed by atoms with Gasteiger partial charge >= 0.3 is 0 Å². The van der Waals surface area contributed by atoms with Gasteiger partial charge in [0.15, 0.2) is 10.7 Å². The van der Waals surface area contributed by atoms with E-state index >= 15 is 0 Å². The summed E-state index contributed by atoms with van der Waals surface area (Å²) in [6.07, 6.45) is 3.18. The fourth-order valence-corrected chi connectivity index (χ4v) is 5.94. The van der Waals surface area contributed by atoms with Crippen LogP contribution in [-0.4, -0.2) is 51.1 Å². The monoisotopic (exact) mass is 547 g/mol. The summed E-state index contributed by atoms with van der Waals surface area (Å²) < 4.78 is 71.1. The molecule has 1 aliphatic rings. The van der Waals surface area contributed by atoms with Crippen LogP contribution in [0.5, 0.6) is 11.5 Å². The number of carbonyl (C=O) groups is 1. The molecule has 1 amide bonds. The van der Waals surface area contributed by atoms with Crippen LogP contribution >= 0.6 is 0 Å². The van der Waals surface area contributed by atoms with Gasteiger partial charge < -0.3 is 19.3 Å². The van der Waals surface area contributed by atoms with Gasteiger partial charge in [-0.3, -0.25) is 4.79 Å². The first-order valence-corrected chi connectivity index (χ1v) is 13.2. The predicted molar refractivity (Wildman–Crippen MR) is 136 cm³/mol. The lowest BCUT2D eigenvalue weighted by atomic mass is 9.97. The first-order chi connectivity index (χ1) is 18.1. The van der Waals surface area contributed by atoms with E-state index in [0.717, 1.165) is 12.1 Å². The van der Waals surface area contributed by atoms with Crippen molar-refractivity contribution in [1.29, 1.82) is 0 Å². The lowest BCUT2D eigenvalue weighted by molar-refractivity contribution is -0.120. The molecule has 4 rings (SSSR count). The maximum absolute atomic E-state index is 14.0. The average molecular weight is 548 g/mol. The zero-order chi connectivity index (χ0) is 27.4. The fourth-order valence-electron chi connectivity index (χ4n) is 4.22. The summed E-state index contributed by atoms with van der Waals surface area (Å²) in [4.78, 5) is 12.8. The van der Waals surface area contributed by atoms with Crippen molar-refractivity contribution in [3.8, 4) is 11.5 Å². The van der Waals surface area contributed by atoms with Crippen LogP contribution in [0, 0.1) is 24.5 Å². The summed E-state index contributed by atoms with van der Waals surface area (Å²) in [6.45, 7) is 1.72. The molecule has 0 bridgehead atoms. The summed E-state index contributed by atoms with van der Waals surface area (Å²) >= 11 is 0. The number of amides is 1. The summed E-state index contributed by atoms with van der Waals surface area (Å²) in [6, 6.07) is 8.09. The van der Waals surface area contributed by atoms with Crippen molar-refractivity contribution in [2.24, 2.45) is 5.92 Å². The number of aromatic nitrogens is 1. The Labute approximate surface area is 219 Å². The lowest BCUT2D eigenvalue weighted by Gasteiger charge is -2.30. The van der Waals surface area contributed by atoms with Gasteiger partial charge in [-0.25, -0.2) is 17.2 Å².